The van der Waals surface area contributed by atoms with E-state index in [0.717, 1.165) is 25.2 Å². The number of rotatable bonds is 2. The van der Waals surface area contributed by atoms with E-state index in [0.29, 0.717) is 17.0 Å². The van der Waals surface area contributed by atoms with E-state index in [4.69, 9.17) is 4.98 Å². The fourth-order valence-corrected chi connectivity index (χ4v) is 3.49. The predicted molar refractivity (Wildman–Crippen MR) is 101 cm³/mol. The molecule has 5 rings (SSSR count). The summed E-state index contributed by atoms with van der Waals surface area (Å²) in [6, 6.07) is 18.1. The zero-order chi connectivity index (χ0) is 17.5. The highest BCUT2D eigenvalue weighted by Gasteiger charge is 2.20. The summed E-state index contributed by atoms with van der Waals surface area (Å²) in [6.07, 6.45) is 2.51. The first kappa shape index (κ1) is 14.9. The lowest BCUT2D eigenvalue weighted by atomic mass is 10.0. The van der Waals surface area contributed by atoms with Gasteiger partial charge < -0.3 is 4.90 Å². The number of fused-ring (bicyclic) bond motifs is 2. The first-order valence-corrected chi connectivity index (χ1v) is 8.65. The molecule has 0 bridgehead atoms. The van der Waals surface area contributed by atoms with Crippen LogP contribution in [0.15, 0.2) is 65.6 Å². The third-order valence-electron chi connectivity index (χ3n) is 4.86. The number of anilines is 1. The van der Waals surface area contributed by atoms with Gasteiger partial charge >= 0.3 is 0 Å². The van der Waals surface area contributed by atoms with Gasteiger partial charge in [-0.3, -0.25) is 9.78 Å². The molecular weight excluding hydrogens is 326 g/mol. The van der Waals surface area contributed by atoms with Gasteiger partial charge in [0.2, 0.25) is 5.95 Å². The van der Waals surface area contributed by atoms with Gasteiger partial charge in [0.25, 0.3) is 5.56 Å². The maximum absolute atomic E-state index is 12.6. The zero-order valence-corrected chi connectivity index (χ0v) is 14.1. The summed E-state index contributed by atoms with van der Waals surface area (Å²) in [7, 11) is 0. The highest BCUT2D eigenvalue weighted by molar-refractivity contribution is 5.76. The van der Waals surface area contributed by atoms with Crippen molar-refractivity contribution in [2.45, 2.75) is 13.0 Å². The van der Waals surface area contributed by atoms with E-state index in [2.05, 4.69) is 33.2 Å². The quantitative estimate of drug-likeness (QED) is 0.608. The van der Waals surface area contributed by atoms with E-state index in [1.807, 2.05) is 36.4 Å². The lowest BCUT2D eigenvalue weighted by molar-refractivity contribution is 0.707. The molecule has 2 aromatic carbocycles. The van der Waals surface area contributed by atoms with Crippen LogP contribution < -0.4 is 10.5 Å². The molecule has 0 atom stereocenters. The van der Waals surface area contributed by atoms with E-state index >= 15 is 0 Å². The largest absolute Gasteiger partial charge is 0.338 e. The average molecular weight is 343 g/mol. The van der Waals surface area contributed by atoms with Crippen molar-refractivity contribution < 1.29 is 0 Å². The summed E-state index contributed by atoms with van der Waals surface area (Å²) in [5.74, 6) is 0.592. The monoisotopic (exact) mass is 343 g/mol. The Labute approximate surface area is 149 Å². The Kier molecular flexibility index (Phi) is 3.35. The Hall–Kier alpha value is -3.41. The second-order valence-corrected chi connectivity index (χ2v) is 6.46. The van der Waals surface area contributed by atoms with E-state index in [1.54, 1.807) is 10.9 Å². The summed E-state index contributed by atoms with van der Waals surface area (Å²) in [5, 5.41) is 4.86. The van der Waals surface area contributed by atoms with E-state index in [9.17, 15) is 4.79 Å². The molecule has 4 aromatic rings. The van der Waals surface area contributed by atoms with Crippen LogP contribution in [-0.4, -0.2) is 26.3 Å². The van der Waals surface area contributed by atoms with E-state index in [1.165, 1.54) is 11.1 Å². The Morgan fingerprint density at radius 2 is 1.73 bits per heavy atom. The summed E-state index contributed by atoms with van der Waals surface area (Å²) < 4.78 is 1.71. The minimum Gasteiger partial charge on any atom is -0.338 e. The Morgan fingerprint density at radius 3 is 2.58 bits per heavy atom. The van der Waals surface area contributed by atoms with Crippen molar-refractivity contribution in [3.05, 3.63) is 82.3 Å². The van der Waals surface area contributed by atoms with Gasteiger partial charge in [-0.1, -0.05) is 42.5 Å². The van der Waals surface area contributed by atoms with Crippen molar-refractivity contribution in [1.82, 2.24) is 19.7 Å². The lowest BCUT2D eigenvalue weighted by Gasteiger charge is -2.29. The summed E-state index contributed by atoms with van der Waals surface area (Å²) in [6.45, 7) is 1.56. The minimum atomic E-state index is -0.161. The van der Waals surface area contributed by atoms with Gasteiger partial charge in [-0.05, 0) is 29.7 Å². The number of aromatic nitrogens is 4. The maximum atomic E-state index is 12.6. The number of aromatic amines is 1. The standard InChI is InChI=1S/C20H17N5O/c26-19-17-12-21-25(16-8-2-1-3-9-16)18(17)22-20(23-19)24-11-10-14-6-4-5-7-15(14)13-24/h1-9,12H,10-11,13H2,(H,22,23,26). The first-order valence-electron chi connectivity index (χ1n) is 8.65. The third-order valence-corrected chi connectivity index (χ3v) is 4.86. The number of benzene rings is 2. The molecule has 6 nitrogen and oxygen atoms in total. The molecule has 128 valence electrons. The number of nitrogens with one attached hydrogen (secondary N) is 1. The van der Waals surface area contributed by atoms with E-state index < -0.39 is 0 Å². The van der Waals surface area contributed by atoms with Gasteiger partial charge in [0.1, 0.15) is 5.39 Å². The number of H-pyrrole nitrogens is 1. The molecule has 6 heteroatoms. The first-order chi connectivity index (χ1) is 12.8. The van der Waals surface area contributed by atoms with Gasteiger partial charge in [0.05, 0.1) is 11.9 Å². The van der Waals surface area contributed by atoms with Gasteiger partial charge in [0.15, 0.2) is 5.65 Å². The van der Waals surface area contributed by atoms with Gasteiger partial charge in [-0.15, -0.1) is 0 Å². The fourth-order valence-electron chi connectivity index (χ4n) is 3.49. The molecule has 1 aliphatic heterocycles. The van der Waals surface area contributed by atoms with Crippen molar-refractivity contribution >= 4 is 17.0 Å². The summed E-state index contributed by atoms with van der Waals surface area (Å²) in [5.41, 5.74) is 3.94. The third kappa shape index (κ3) is 2.38. The molecule has 0 amide bonds. The van der Waals surface area contributed by atoms with Crippen molar-refractivity contribution in [2.24, 2.45) is 0 Å². The fraction of sp³-hybridized carbons (Fsp3) is 0.150. The molecule has 1 aliphatic rings. The van der Waals surface area contributed by atoms with Gasteiger partial charge in [-0.25, -0.2) is 4.68 Å². The van der Waals surface area contributed by atoms with Crippen LogP contribution in [0.4, 0.5) is 5.95 Å². The molecule has 0 unspecified atom stereocenters. The molecule has 0 saturated carbocycles. The highest BCUT2D eigenvalue weighted by Crippen LogP contribution is 2.23. The lowest BCUT2D eigenvalue weighted by Crippen LogP contribution is -2.33. The van der Waals surface area contributed by atoms with E-state index in [-0.39, 0.29) is 5.56 Å². The van der Waals surface area contributed by atoms with Crippen LogP contribution in [0.1, 0.15) is 11.1 Å². The predicted octanol–water partition coefficient (Wildman–Crippen LogP) is 2.67. The number of para-hydroxylation sites is 1. The summed E-state index contributed by atoms with van der Waals surface area (Å²) in [4.78, 5) is 22.3. The Morgan fingerprint density at radius 1 is 0.962 bits per heavy atom. The van der Waals surface area contributed by atoms with Crippen molar-refractivity contribution in [3.63, 3.8) is 0 Å². The van der Waals surface area contributed by atoms with Crippen LogP contribution in [0.3, 0.4) is 0 Å². The molecule has 2 aromatic heterocycles. The van der Waals surface area contributed by atoms with Gasteiger partial charge in [-0.2, -0.15) is 10.1 Å². The SMILES string of the molecule is O=c1[nH]c(N2CCc3ccccc3C2)nc2c1cnn2-c1ccccc1. The Balaban J connectivity index is 1.61. The smallest absolute Gasteiger partial charge is 0.263 e. The number of nitrogens with zero attached hydrogens (tertiary/aromatic N) is 4. The van der Waals surface area contributed by atoms with Crippen LogP contribution in [-0.2, 0) is 13.0 Å². The second kappa shape index (κ2) is 5.84. The van der Waals surface area contributed by atoms with Crippen LogP contribution in [0.5, 0.6) is 0 Å². The molecule has 0 spiro atoms. The van der Waals surface area contributed by atoms with Crippen LogP contribution >= 0.6 is 0 Å². The molecule has 0 saturated heterocycles. The maximum Gasteiger partial charge on any atom is 0.263 e. The Bertz CT molecular complexity index is 1150. The molecule has 1 N–H and O–H groups in total. The number of hydrogen-bond donors (Lipinski definition) is 1. The molecule has 0 radical (unpaired) electrons. The second-order valence-electron chi connectivity index (χ2n) is 6.46. The normalized spacial score (nSPS) is 13.8. The van der Waals surface area contributed by atoms with Crippen LogP contribution in [0.25, 0.3) is 16.7 Å². The molecule has 0 aliphatic carbocycles. The highest BCUT2D eigenvalue weighted by atomic mass is 16.1. The van der Waals surface area contributed by atoms with Crippen LogP contribution in [0.2, 0.25) is 0 Å². The molecular formula is C20H17N5O. The van der Waals surface area contributed by atoms with Gasteiger partial charge in [0, 0.05) is 13.1 Å². The summed E-state index contributed by atoms with van der Waals surface area (Å²) >= 11 is 0. The number of hydrogen-bond acceptors (Lipinski definition) is 4. The molecule has 3 heterocycles. The van der Waals surface area contributed by atoms with Crippen molar-refractivity contribution in [2.75, 3.05) is 11.4 Å². The van der Waals surface area contributed by atoms with Crippen molar-refractivity contribution in [3.8, 4) is 5.69 Å². The van der Waals surface area contributed by atoms with Crippen molar-refractivity contribution in [1.29, 1.82) is 0 Å². The molecule has 0 fully saturated rings. The molecule has 26 heavy (non-hydrogen) atoms. The van der Waals surface area contributed by atoms with Crippen LogP contribution in [0, 0.1) is 0 Å². The topological polar surface area (TPSA) is 66.8 Å². The minimum absolute atomic E-state index is 0.161. The average Bonchev–Trinajstić information content (AvgIpc) is 3.13. The zero-order valence-electron chi connectivity index (χ0n) is 14.1.